The number of hydrogen-bond donors (Lipinski definition) is 0. The van der Waals surface area contributed by atoms with Gasteiger partial charge in [-0.2, -0.15) is 0 Å². The van der Waals surface area contributed by atoms with Crippen LogP contribution in [-0.4, -0.2) is 46.5 Å². The van der Waals surface area contributed by atoms with Crippen molar-refractivity contribution in [3.8, 4) is 11.3 Å². The first-order chi connectivity index (χ1) is 14.7. The normalized spacial score (nSPS) is 22.1. The molecule has 5 nitrogen and oxygen atoms in total. The van der Waals surface area contributed by atoms with Crippen LogP contribution in [0.25, 0.3) is 11.3 Å². The van der Waals surface area contributed by atoms with Crippen LogP contribution in [0, 0.1) is 12.8 Å². The lowest BCUT2D eigenvalue weighted by Gasteiger charge is -2.47. The van der Waals surface area contributed by atoms with E-state index in [0.717, 1.165) is 44.6 Å². The molecule has 0 N–H and O–H groups in total. The van der Waals surface area contributed by atoms with E-state index in [1.807, 2.05) is 48.6 Å². The molecule has 2 atom stereocenters. The van der Waals surface area contributed by atoms with Gasteiger partial charge in [0.15, 0.2) is 0 Å². The number of carbonyl (C=O) groups excluding carboxylic acids is 1. The Morgan fingerprint density at radius 3 is 2.83 bits per heavy atom. The van der Waals surface area contributed by atoms with Gasteiger partial charge in [-0.15, -0.1) is 11.3 Å². The van der Waals surface area contributed by atoms with Gasteiger partial charge in [-0.25, -0.2) is 0 Å². The lowest BCUT2D eigenvalue weighted by molar-refractivity contribution is 0.0185. The summed E-state index contributed by atoms with van der Waals surface area (Å²) in [6.45, 7) is 5.80. The molecule has 0 saturated carbocycles. The number of rotatable bonds is 4. The highest BCUT2D eigenvalue weighted by molar-refractivity contribution is 7.09. The zero-order valence-electron chi connectivity index (χ0n) is 17.3. The second kappa shape index (κ2) is 8.36. The Bertz CT molecular complexity index is 999. The molecule has 2 saturated heterocycles. The molecule has 30 heavy (non-hydrogen) atoms. The number of piperidine rings is 2. The van der Waals surface area contributed by atoms with Crippen molar-refractivity contribution in [3.05, 3.63) is 64.0 Å². The largest absolute Gasteiger partial charge is 0.360 e. The van der Waals surface area contributed by atoms with E-state index in [9.17, 15) is 4.79 Å². The minimum atomic E-state index is 0.0778. The molecule has 0 unspecified atom stereocenters. The fourth-order valence-corrected chi connectivity index (χ4v) is 5.80. The molecule has 0 bridgehead atoms. The second-order valence-electron chi connectivity index (χ2n) is 8.40. The van der Waals surface area contributed by atoms with Crippen molar-refractivity contribution in [3.63, 3.8) is 0 Å². The first kappa shape index (κ1) is 19.5. The summed E-state index contributed by atoms with van der Waals surface area (Å²) in [7, 11) is 0. The van der Waals surface area contributed by atoms with E-state index in [0.29, 0.717) is 29.0 Å². The molecule has 2 aromatic heterocycles. The molecule has 0 aliphatic carbocycles. The van der Waals surface area contributed by atoms with Crippen molar-refractivity contribution in [2.75, 3.05) is 19.6 Å². The molecule has 3 aromatic rings. The SMILES string of the molecule is Cc1onc(-c2ccccc2)c1C(=O)N1CCC[C@@H]2CN(Cc3cccs3)CC[C@H]21. The van der Waals surface area contributed by atoms with E-state index in [1.54, 1.807) is 0 Å². The molecule has 2 aliphatic heterocycles. The van der Waals surface area contributed by atoms with E-state index < -0.39 is 0 Å². The standard InChI is InChI=1S/C24H27N3O2S/c1-17-22(23(25-29-17)18-7-3-2-4-8-18)24(28)27-12-5-9-19-15-26(13-11-21(19)27)16-20-10-6-14-30-20/h2-4,6-8,10,14,19,21H,5,9,11-13,15-16H2,1H3/t19-,21-/m1/s1. The zero-order chi connectivity index (χ0) is 20.5. The molecule has 156 valence electrons. The van der Waals surface area contributed by atoms with Crippen molar-refractivity contribution >= 4 is 17.2 Å². The van der Waals surface area contributed by atoms with Crippen LogP contribution in [0.15, 0.2) is 52.4 Å². The summed E-state index contributed by atoms with van der Waals surface area (Å²) in [6, 6.07) is 14.5. The number of nitrogens with zero attached hydrogens (tertiary/aromatic N) is 3. The Hall–Kier alpha value is -2.44. The minimum Gasteiger partial charge on any atom is -0.360 e. The van der Waals surface area contributed by atoms with E-state index in [-0.39, 0.29) is 5.91 Å². The lowest BCUT2D eigenvalue weighted by Crippen LogP contribution is -2.55. The minimum absolute atomic E-state index is 0.0778. The lowest BCUT2D eigenvalue weighted by atomic mass is 9.83. The summed E-state index contributed by atoms with van der Waals surface area (Å²) >= 11 is 1.83. The summed E-state index contributed by atoms with van der Waals surface area (Å²) in [6.07, 6.45) is 3.29. The van der Waals surface area contributed by atoms with Crippen LogP contribution in [0.2, 0.25) is 0 Å². The highest BCUT2D eigenvalue weighted by Crippen LogP contribution is 2.34. The summed E-state index contributed by atoms with van der Waals surface area (Å²) in [4.78, 5) is 19.8. The van der Waals surface area contributed by atoms with Crippen molar-refractivity contribution < 1.29 is 9.32 Å². The van der Waals surface area contributed by atoms with Gasteiger partial charge in [0.05, 0.1) is 0 Å². The number of fused-ring (bicyclic) bond motifs is 1. The number of hydrogen-bond acceptors (Lipinski definition) is 5. The molecular weight excluding hydrogens is 394 g/mol. The fraction of sp³-hybridized carbons (Fsp3) is 0.417. The highest BCUT2D eigenvalue weighted by atomic mass is 32.1. The molecule has 6 heteroatoms. The average Bonchev–Trinajstić information content (AvgIpc) is 3.43. The van der Waals surface area contributed by atoms with E-state index in [1.165, 1.54) is 11.3 Å². The van der Waals surface area contributed by atoms with Gasteiger partial charge in [0.2, 0.25) is 0 Å². The van der Waals surface area contributed by atoms with Crippen molar-refractivity contribution in [1.82, 2.24) is 15.0 Å². The van der Waals surface area contributed by atoms with Crippen molar-refractivity contribution in [2.24, 2.45) is 5.92 Å². The van der Waals surface area contributed by atoms with Crippen molar-refractivity contribution in [2.45, 2.75) is 38.8 Å². The topological polar surface area (TPSA) is 49.6 Å². The van der Waals surface area contributed by atoms with E-state index >= 15 is 0 Å². The summed E-state index contributed by atoms with van der Waals surface area (Å²) in [5.41, 5.74) is 2.22. The smallest absolute Gasteiger partial charge is 0.260 e. The number of aryl methyl sites for hydroxylation is 1. The van der Waals surface area contributed by atoms with Gasteiger partial charge in [0.1, 0.15) is 17.0 Å². The predicted molar refractivity (Wildman–Crippen MR) is 118 cm³/mol. The molecule has 1 aromatic carbocycles. The van der Waals surface area contributed by atoms with Crippen LogP contribution in [0.4, 0.5) is 0 Å². The number of aromatic nitrogens is 1. The van der Waals surface area contributed by atoms with Gasteiger partial charge in [-0.3, -0.25) is 9.69 Å². The summed E-state index contributed by atoms with van der Waals surface area (Å²) in [5, 5.41) is 6.38. The maximum Gasteiger partial charge on any atom is 0.260 e. The zero-order valence-corrected chi connectivity index (χ0v) is 18.1. The third-order valence-corrected chi connectivity index (χ3v) is 7.36. The molecule has 0 spiro atoms. The van der Waals surface area contributed by atoms with Crippen LogP contribution in [0.3, 0.4) is 0 Å². The number of benzene rings is 1. The second-order valence-corrected chi connectivity index (χ2v) is 9.43. The molecule has 2 fully saturated rings. The summed E-state index contributed by atoms with van der Waals surface area (Å²) < 4.78 is 5.47. The van der Waals surface area contributed by atoms with Gasteiger partial charge in [-0.1, -0.05) is 41.6 Å². The average molecular weight is 422 g/mol. The fourth-order valence-electron chi connectivity index (χ4n) is 5.06. The molecular formula is C24H27N3O2S. The quantitative estimate of drug-likeness (QED) is 0.605. The maximum atomic E-state index is 13.7. The third-order valence-electron chi connectivity index (χ3n) is 6.50. The van der Waals surface area contributed by atoms with E-state index in [2.05, 4.69) is 32.5 Å². The summed E-state index contributed by atoms with van der Waals surface area (Å²) in [5.74, 6) is 1.22. The third kappa shape index (κ3) is 3.70. The molecule has 1 amide bonds. The maximum absolute atomic E-state index is 13.7. The molecule has 5 rings (SSSR count). The Morgan fingerprint density at radius 2 is 2.03 bits per heavy atom. The van der Waals surface area contributed by atoms with Gasteiger partial charge >= 0.3 is 0 Å². The number of thiophene rings is 1. The van der Waals surface area contributed by atoms with Crippen molar-refractivity contribution in [1.29, 1.82) is 0 Å². The first-order valence-corrected chi connectivity index (χ1v) is 11.7. The molecule has 2 aliphatic rings. The Morgan fingerprint density at radius 1 is 1.17 bits per heavy atom. The first-order valence-electron chi connectivity index (χ1n) is 10.8. The van der Waals surface area contributed by atoms with Crippen LogP contribution in [0.5, 0.6) is 0 Å². The molecule has 4 heterocycles. The molecule has 0 radical (unpaired) electrons. The number of amides is 1. The van der Waals surface area contributed by atoms with Crippen LogP contribution in [-0.2, 0) is 6.54 Å². The Labute approximate surface area is 181 Å². The van der Waals surface area contributed by atoms with Crippen LogP contribution >= 0.6 is 11.3 Å². The monoisotopic (exact) mass is 421 g/mol. The van der Waals surface area contributed by atoms with E-state index in [4.69, 9.17) is 4.52 Å². The van der Waals surface area contributed by atoms with Gasteiger partial charge in [-0.05, 0) is 43.6 Å². The number of likely N-dealkylation sites (tertiary alicyclic amines) is 2. The highest BCUT2D eigenvalue weighted by Gasteiger charge is 2.40. The van der Waals surface area contributed by atoms with Crippen LogP contribution < -0.4 is 0 Å². The van der Waals surface area contributed by atoms with Gasteiger partial charge in [0, 0.05) is 42.7 Å². The van der Waals surface area contributed by atoms with Crippen LogP contribution in [0.1, 0.15) is 40.3 Å². The van der Waals surface area contributed by atoms with Gasteiger partial charge in [0.25, 0.3) is 5.91 Å². The van der Waals surface area contributed by atoms with Gasteiger partial charge < -0.3 is 9.42 Å². The number of carbonyl (C=O) groups is 1. The predicted octanol–water partition coefficient (Wildman–Crippen LogP) is 4.84. The Balaban J connectivity index is 1.35. The Kier molecular flexibility index (Phi) is 5.44.